The van der Waals surface area contributed by atoms with Gasteiger partial charge >= 0.3 is 0 Å². The van der Waals surface area contributed by atoms with Crippen molar-refractivity contribution in [2.75, 3.05) is 6.54 Å². The summed E-state index contributed by atoms with van der Waals surface area (Å²) in [6.07, 6.45) is 9.69. The van der Waals surface area contributed by atoms with Crippen molar-refractivity contribution in [1.82, 2.24) is 20.1 Å². The van der Waals surface area contributed by atoms with E-state index in [1.165, 1.54) is 19.3 Å². The topological polar surface area (TPSA) is 42.7 Å². The van der Waals surface area contributed by atoms with Crippen LogP contribution in [0.2, 0.25) is 0 Å². The fraction of sp³-hybridized carbons (Fsp3) is 0.692. The van der Waals surface area contributed by atoms with Gasteiger partial charge in [-0.1, -0.05) is 19.4 Å². The predicted octanol–water partition coefficient (Wildman–Crippen LogP) is 2.52. The number of rotatable bonds is 10. The summed E-state index contributed by atoms with van der Waals surface area (Å²) < 4.78 is 1.94. The molecular formula is C13H24N4. The highest BCUT2D eigenvalue weighted by molar-refractivity contribution is 4.80. The van der Waals surface area contributed by atoms with Gasteiger partial charge in [-0.15, -0.1) is 6.58 Å². The second-order valence-electron chi connectivity index (χ2n) is 4.24. The molecule has 96 valence electrons. The second-order valence-corrected chi connectivity index (χ2v) is 4.24. The van der Waals surface area contributed by atoms with Gasteiger partial charge in [-0.2, -0.15) is 5.10 Å². The highest BCUT2D eigenvalue weighted by Gasteiger charge is 1.99. The van der Waals surface area contributed by atoms with E-state index in [0.29, 0.717) is 0 Å². The van der Waals surface area contributed by atoms with Crippen LogP contribution in [0.15, 0.2) is 19.0 Å². The van der Waals surface area contributed by atoms with Gasteiger partial charge in [0.15, 0.2) is 5.82 Å². The maximum absolute atomic E-state index is 4.42. The van der Waals surface area contributed by atoms with Gasteiger partial charge in [0, 0.05) is 6.54 Å². The number of aryl methyl sites for hydroxylation is 1. The Morgan fingerprint density at radius 1 is 1.41 bits per heavy atom. The predicted molar refractivity (Wildman–Crippen MR) is 70.7 cm³/mol. The second kappa shape index (κ2) is 8.93. The smallest absolute Gasteiger partial charge is 0.164 e. The van der Waals surface area contributed by atoms with Crippen LogP contribution in [-0.2, 0) is 13.1 Å². The lowest BCUT2D eigenvalue weighted by atomic mass is 10.2. The average Bonchev–Trinajstić information content (AvgIpc) is 2.77. The quantitative estimate of drug-likeness (QED) is 0.501. The molecule has 0 amide bonds. The van der Waals surface area contributed by atoms with Crippen LogP contribution in [0.3, 0.4) is 0 Å². The fourth-order valence-corrected chi connectivity index (χ4v) is 1.64. The molecule has 1 aromatic heterocycles. The Kier molecular flexibility index (Phi) is 7.30. The van der Waals surface area contributed by atoms with Crippen molar-refractivity contribution in [2.24, 2.45) is 0 Å². The molecule has 1 aromatic rings. The Hall–Kier alpha value is -1.16. The third-order valence-corrected chi connectivity index (χ3v) is 2.59. The number of hydrogen-bond donors (Lipinski definition) is 1. The molecule has 4 heteroatoms. The number of aromatic nitrogens is 3. The summed E-state index contributed by atoms with van der Waals surface area (Å²) in [5.74, 6) is 0.893. The molecule has 4 nitrogen and oxygen atoms in total. The SMILES string of the molecule is C=CCCCCCn1cnc(CNCCC)n1. The number of nitrogens with zero attached hydrogens (tertiary/aromatic N) is 3. The standard InChI is InChI=1S/C13H24N4/c1-3-5-6-7-8-10-17-12-15-13(16-17)11-14-9-4-2/h3,12,14H,1,4-11H2,2H3. The van der Waals surface area contributed by atoms with E-state index in [2.05, 4.69) is 28.9 Å². The molecule has 0 aliphatic rings. The van der Waals surface area contributed by atoms with Crippen LogP contribution in [0.25, 0.3) is 0 Å². The lowest BCUT2D eigenvalue weighted by molar-refractivity contribution is 0.537. The number of hydrogen-bond acceptors (Lipinski definition) is 3. The Bertz CT molecular complexity index is 306. The summed E-state index contributed by atoms with van der Waals surface area (Å²) in [5.41, 5.74) is 0. The zero-order chi connectivity index (χ0) is 12.3. The maximum Gasteiger partial charge on any atom is 0.164 e. The van der Waals surface area contributed by atoms with Gasteiger partial charge in [0.25, 0.3) is 0 Å². The Balaban J connectivity index is 2.14. The molecule has 0 atom stereocenters. The lowest BCUT2D eigenvalue weighted by Crippen LogP contribution is -2.15. The van der Waals surface area contributed by atoms with Gasteiger partial charge in [0.2, 0.25) is 0 Å². The van der Waals surface area contributed by atoms with Crippen LogP contribution in [0.4, 0.5) is 0 Å². The van der Waals surface area contributed by atoms with E-state index in [0.717, 1.165) is 38.3 Å². The van der Waals surface area contributed by atoms with Gasteiger partial charge in [0.05, 0.1) is 6.54 Å². The molecule has 0 fully saturated rings. The minimum Gasteiger partial charge on any atom is -0.310 e. The number of unbranched alkanes of at least 4 members (excludes halogenated alkanes) is 3. The normalized spacial score (nSPS) is 10.6. The molecule has 1 rings (SSSR count). The molecule has 0 aromatic carbocycles. The molecule has 0 aliphatic heterocycles. The van der Waals surface area contributed by atoms with Crippen molar-refractivity contribution in [3.05, 3.63) is 24.8 Å². The van der Waals surface area contributed by atoms with Gasteiger partial charge in [-0.05, 0) is 32.2 Å². The van der Waals surface area contributed by atoms with Crippen LogP contribution in [-0.4, -0.2) is 21.3 Å². The first-order chi connectivity index (χ1) is 8.36. The molecule has 1 N–H and O–H groups in total. The van der Waals surface area contributed by atoms with Crippen LogP contribution >= 0.6 is 0 Å². The average molecular weight is 236 g/mol. The van der Waals surface area contributed by atoms with E-state index >= 15 is 0 Å². The molecular weight excluding hydrogens is 212 g/mol. The van der Waals surface area contributed by atoms with E-state index < -0.39 is 0 Å². The molecule has 0 radical (unpaired) electrons. The molecule has 0 saturated carbocycles. The van der Waals surface area contributed by atoms with Crippen LogP contribution in [0.1, 0.15) is 44.9 Å². The van der Waals surface area contributed by atoms with Crippen LogP contribution in [0, 0.1) is 0 Å². The molecule has 0 bridgehead atoms. The highest BCUT2D eigenvalue weighted by atomic mass is 15.3. The number of allylic oxidation sites excluding steroid dienone is 1. The Morgan fingerprint density at radius 3 is 3.06 bits per heavy atom. The van der Waals surface area contributed by atoms with Crippen molar-refractivity contribution in [2.45, 2.75) is 52.1 Å². The minimum absolute atomic E-state index is 0.775. The molecule has 0 saturated heterocycles. The van der Waals surface area contributed by atoms with Gasteiger partial charge in [-0.25, -0.2) is 4.98 Å². The molecule has 17 heavy (non-hydrogen) atoms. The van der Waals surface area contributed by atoms with Gasteiger partial charge in [-0.3, -0.25) is 4.68 Å². The largest absolute Gasteiger partial charge is 0.310 e. The molecule has 0 unspecified atom stereocenters. The van der Waals surface area contributed by atoms with Crippen molar-refractivity contribution < 1.29 is 0 Å². The third-order valence-electron chi connectivity index (χ3n) is 2.59. The lowest BCUT2D eigenvalue weighted by Gasteiger charge is -2.00. The summed E-state index contributed by atoms with van der Waals surface area (Å²) in [5, 5.41) is 7.72. The summed E-state index contributed by atoms with van der Waals surface area (Å²) >= 11 is 0. The van der Waals surface area contributed by atoms with Crippen molar-refractivity contribution >= 4 is 0 Å². The summed E-state index contributed by atoms with van der Waals surface area (Å²) in [6, 6.07) is 0. The van der Waals surface area contributed by atoms with E-state index in [1.54, 1.807) is 0 Å². The first-order valence-corrected chi connectivity index (χ1v) is 6.56. The molecule has 0 aliphatic carbocycles. The van der Waals surface area contributed by atoms with Crippen LogP contribution in [0.5, 0.6) is 0 Å². The summed E-state index contributed by atoms with van der Waals surface area (Å²) in [4.78, 5) is 4.28. The third kappa shape index (κ3) is 6.22. The Labute approximate surface area is 104 Å². The maximum atomic E-state index is 4.42. The van der Waals surface area contributed by atoms with Crippen molar-refractivity contribution in [3.8, 4) is 0 Å². The number of nitrogens with one attached hydrogen (secondary N) is 1. The zero-order valence-electron chi connectivity index (χ0n) is 10.9. The minimum atomic E-state index is 0.775. The van der Waals surface area contributed by atoms with Crippen molar-refractivity contribution in [3.63, 3.8) is 0 Å². The van der Waals surface area contributed by atoms with E-state index in [9.17, 15) is 0 Å². The first-order valence-electron chi connectivity index (χ1n) is 6.56. The summed E-state index contributed by atoms with van der Waals surface area (Å²) in [7, 11) is 0. The highest BCUT2D eigenvalue weighted by Crippen LogP contribution is 2.02. The van der Waals surface area contributed by atoms with E-state index in [-0.39, 0.29) is 0 Å². The molecule has 0 spiro atoms. The summed E-state index contributed by atoms with van der Waals surface area (Å²) in [6.45, 7) is 8.65. The monoisotopic (exact) mass is 236 g/mol. The zero-order valence-corrected chi connectivity index (χ0v) is 10.9. The van der Waals surface area contributed by atoms with E-state index in [1.807, 2.05) is 17.1 Å². The van der Waals surface area contributed by atoms with Gasteiger partial charge < -0.3 is 5.32 Å². The Morgan fingerprint density at radius 2 is 2.29 bits per heavy atom. The van der Waals surface area contributed by atoms with Crippen molar-refractivity contribution in [1.29, 1.82) is 0 Å². The molecule has 1 heterocycles. The van der Waals surface area contributed by atoms with Gasteiger partial charge in [0.1, 0.15) is 6.33 Å². The fourth-order valence-electron chi connectivity index (χ4n) is 1.64. The first kappa shape index (κ1) is 13.9. The van der Waals surface area contributed by atoms with E-state index in [4.69, 9.17) is 0 Å². The van der Waals surface area contributed by atoms with Crippen LogP contribution < -0.4 is 5.32 Å².